The second-order valence-electron chi connectivity index (χ2n) is 3.94. The summed E-state index contributed by atoms with van der Waals surface area (Å²) in [4.78, 5) is 1.19. The molecule has 0 spiro atoms. The highest BCUT2D eigenvalue weighted by atomic mass is 79.9. The molecule has 19 heavy (non-hydrogen) atoms. The zero-order valence-electron chi connectivity index (χ0n) is 9.84. The molecule has 0 aliphatic carbocycles. The molecule has 0 fully saturated rings. The summed E-state index contributed by atoms with van der Waals surface area (Å²) in [6.45, 7) is 0.564. The van der Waals surface area contributed by atoms with Gasteiger partial charge in [0.05, 0.1) is 20.8 Å². The lowest BCUT2D eigenvalue weighted by Crippen LogP contribution is -2.09. The Morgan fingerprint density at radius 1 is 1.32 bits per heavy atom. The van der Waals surface area contributed by atoms with Gasteiger partial charge in [0, 0.05) is 11.4 Å². The van der Waals surface area contributed by atoms with Crippen molar-refractivity contribution in [2.45, 2.75) is 6.42 Å². The molecule has 0 aliphatic rings. The topological polar surface area (TPSA) is 64.1 Å². The van der Waals surface area contributed by atoms with Crippen LogP contribution in [0.1, 0.15) is 4.88 Å². The van der Waals surface area contributed by atoms with Crippen molar-refractivity contribution < 1.29 is 4.39 Å². The molecule has 3 nitrogen and oxygen atoms in total. The van der Waals surface area contributed by atoms with Gasteiger partial charge >= 0.3 is 0 Å². The standard InChI is InChI=1S/C12H12BrClFN3S/c13-9-2-1-6(19-9)3-4-18-12-8(17)5-7(16)10(14)11(12)15/h1-2,5,18H,3-4,16-17H2. The lowest BCUT2D eigenvalue weighted by atomic mass is 10.2. The molecule has 7 heteroatoms. The Morgan fingerprint density at radius 3 is 2.68 bits per heavy atom. The largest absolute Gasteiger partial charge is 0.397 e. The number of halogens is 3. The molecule has 2 aromatic rings. The number of nitrogens with two attached hydrogens (primary N) is 2. The average Bonchev–Trinajstić information content (AvgIpc) is 2.77. The maximum absolute atomic E-state index is 13.9. The molecule has 0 radical (unpaired) electrons. The van der Waals surface area contributed by atoms with E-state index < -0.39 is 5.82 Å². The van der Waals surface area contributed by atoms with Crippen LogP contribution in [0.25, 0.3) is 0 Å². The van der Waals surface area contributed by atoms with E-state index in [-0.39, 0.29) is 22.1 Å². The van der Waals surface area contributed by atoms with Crippen LogP contribution in [0, 0.1) is 5.82 Å². The summed E-state index contributed by atoms with van der Waals surface area (Å²) in [6.07, 6.45) is 0.775. The van der Waals surface area contributed by atoms with Crippen molar-refractivity contribution in [1.82, 2.24) is 0 Å². The normalized spacial score (nSPS) is 10.7. The van der Waals surface area contributed by atoms with Crippen LogP contribution in [-0.4, -0.2) is 6.54 Å². The van der Waals surface area contributed by atoms with Crippen molar-refractivity contribution in [3.63, 3.8) is 0 Å². The van der Waals surface area contributed by atoms with Gasteiger partial charge in [-0.2, -0.15) is 0 Å². The SMILES string of the molecule is Nc1cc(N)c(NCCc2ccc(Br)s2)c(F)c1Cl. The Labute approximate surface area is 127 Å². The van der Waals surface area contributed by atoms with E-state index in [1.807, 2.05) is 12.1 Å². The molecule has 0 amide bonds. The third kappa shape index (κ3) is 3.32. The minimum Gasteiger partial charge on any atom is -0.397 e. The Morgan fingerprint density at radius 2 is 2.05 bits per heavy atom. The zero-order chi connectivity index (χ0) is 14.0. The average molecular weight is 365 g/mol. The second-order valence-corrected chi connectivity index (χ2v) is 6.87. The van der Waals surface area contributed by atoms with Gasteiger partial charge < -0.3 is 16.8 Å². The Hall–Kier alpha value is -0.980. The molecule has 1 aromatic heterocycles. The molecule has 0 saturated heterocycles. The van der Waals surface area contributed by atoms with E-state index in [1.165, 1.54) is 10.9 Å². The minimum atomic E-state index is -0.605. The van der Waals surface area contributed by atoms with Gasteiger partial charge in [0.1, 0.15) is 5.02 Å². The van der Waals surface area contributed by atoms with E-state index in [9.17, 15) is 4.39 Å². The van der Waals surface area contributed by atoms with Gasteiger partial charge in [0.25, 0.3) is 0 Å². The number of nitrogens with one attached hydrogen (secondary N) is 1. The van der Waals surface area contributed by atoms with Gasteiger partial charge in [-0.05, 0) is 40.5 Å². The van der Waals surface area contributed by atoms with Crippen molar-refractivity contribution in [3.8, 4) is 0 Å². The van der Waals surface area contributed by atoms with E-state index in [0.717, 1.165) is 10.2 Å². The fraction of sp³-hybridized carbons (Fsp3) is 0.167. The number of thiophene rings is 1. The van der Waals surface area contributed by atoms with Gasteiger partial charge in [-0.1, -0.05) is 11.6 Å². The summed E-state index contributed by atoms with van der Waals surface area (Å²) in [5.74, 6) is -0.605. The molecule has 0 aliphatic heterocycles. The van der Waals surface area contributed by atoms with Crippen LogP contribution in [-0.2, 0) is 6.42 Å². The van der Waals surface area contributed by atoms with E-state index in [4.69, 9.17) is 23.1 Å². The van der Waals surface area contributed by atoms with Gasteiger partial charge in [-0.15, -0.1) is 11.3 Å². The molecule has 2 rings (SSSR count). The molecule has 5 N–H and O–H groups in total. The first-order valence-corrected chi connectivity index (χ1v) is 7.49. The molecule has 0 atom stereocenters. The van der Waals surface area contributed by atoms with Crippen molar-refractivity contribution in [1.29, 1.82) is 0 Å². The first-order valence-electron chi connectivity index (χ1n) is 5.50. The lowest BCUT2D eigenvalue weighted by molar-refractivity contribution is 0.632. The number of hydrogen-bond donors (Lipinski definition) is 3. The predicted molar refractivity (Wildman–Crippen MR) is 84.4 cm³/mol. The third-order valence-corrected chi connectivity index (χ3v) is 4.63. The predicted octanol–water partition coefficient (Wildman–Crippen LogP) is 4.12. The lowest BCUT2D eigenvalue weighted by Gasteiger charge is -2.12. The van der Waals surface area contributed by atoms with Crippen LogP contribution in [0.3, 0.4) is 0 Å². The molecule has 102 valence electrons. The second kappa shape index (κ2) is 5.98. The Balaban J connectivity index is 2.05. The highest BCUT2D eigenvalue weighted by Crippen LogP contribution is 2.33. The summed E-state index contributed by atoms with van der Waals surface area (Å²) in [6, 6.07) is 5.45. The zero-order valence-corrected chi connectivity index (χ0v) is 13.0. The molecular weight excluding hydrogens is 353 g/mol. The third-order valence-electron chi connectivity index (χ3n) is 2.57. The summed E-state index contributed by atoms with van der Waals surface area (Å²) in [5.41, 5.74) is 11.9. The quantitative estimate of drug-likeness (QED) is 0.715. The molecule has 0 unspecified atom stereocenters. The molecule has 1 aromatic carbocycles. The maximum Gasteiger partial charge on any atom is 0.169 e. The first kappa shape index (κ1) is 14.4. The van der Waals surface area contributed by atoms with Gasteiger partial charge in [-0.3, -0.25) is 0 Å². The van der Waals surface area contributed by atoms with Gasteiger partial charge in [0.15, 0.2) is 5.82 Å². The first-order chi connectivity index (χ1) is 8.99. The van der Waals surface area contributed by atoms with E-state index in [1.54, 1.807) is 11.3 Å². The molecule has 0 bridgehead atoms. The monoisotopic (exact) mass is 363 g/mol. The van der Waals surface area contributed by atoms with E-state index in [0.29, 0.717) is 6.54 Å². The summed E-state index contributed by atoms with van der Waals surface area (Å²) < 4.78 is 15.0. The van der Waals surface area contributed by atoms with Gasteiger partial charge in [-0.25, -0.2) is 4.39 Å². The summed E-state index contributed by atoms with van der Waals surface area (Å²) in [7, 11) is 0. The molecular formula is C12H12BrClFN3S. The number of anilines is 3. The number of rotatable bonds is 4. The van der Waals surface area contributed by atoms with Crippen LogP contribution < -0.4 is 16.8 Å². The molecule has 1 heterocycles. The van der Waals surface area contributed by atoms with Crippen molar-refractivity contribution in [2.24, 2.45) is 0 Å². The van der Waals surface area contributed by atoms with Crippen LogP contribution in [0.5, 0.6) is 0 Å². The van der Waals surface area contributed by atoms with Gasteiger partial charge in [0.2, 0.25) is 0 Å². The highest BCUT2D eigenvalue weighted by molar-refractivity contribution is 9.11. The van der Waals surface area contributed by atoms with Crippen molar-refractivity contribution in [2.75, 3.05) is 23.3 Å². The fourth-order valence-electron chi connectivity index (χ4n) is 1.64. The molecule has 0 saturated carbocycles. The van der Waals surface area contributed by atoms with Crippen molar-refractivity contribution in [3.05, 3.63) is 37.7 Å². The highest BCUT2D eigenvalue weighted by Gasteiger charge is 2.13. The van der Waals surface area contributed by atoms with Crippen LogP contribution >= 0.6 is 38.9 Å². The summed E-state index contributed by atoms with van der Waals surface area (Å²) >= 11 is 10.8. The summed E-state index contributed by atoms with van der Waals surface area (Å²) in [5, 5.41) is 2.86. The van der Waals surface area contributed by atoms with Crippen LogP contribution in [0.2, 0.25) is 5.02 Å². The Bertz CT molecular complexity index is 603. The smallest absolute Gasteiger partial charge is 0.169 e. The number of hydrogen-bond acceptors (Lipinski definition) is 4. The van der Waals surface area contributed by atoms with Crippen LogP contribution in [0.15, 0.2) is 22.0 Å². The van der Waals surface area contributed by atoms with E-state index in [2.05, 4.69) is 21.2 Å². The van der Waals surface area contributed by atoms with Crippen LogP contribution in [0.4, 0.5) is 21.5 Å². The number of benzene rings is 1. The number of nitrogen functional groups attached to an aromatic ring is 2. The Kier molecular flexibility index (Phi) is 4.54. The minimum absolute atomic E-state index is 0.101. The maximum atomic E-state index is 13.9. The fourth-order valence-corrected chi connectivity index (χ4v) is 3.27. The van der Waals surface area contributed by atoms with E-state index >= 15 is 0 Å². The van der Waals surface area contributed by atoms with Crippen molar-refractivity contribution >= 4 is 55.9 Å².